The van der Waals surface area contributed by atoms with Gasteiger partial charge in [-0.2, -0.15) is 8.42 Å². The predicted octanol–water partition coefficient (Wildman–Crippen LogP) is 0.722. The van der Waals surface area contributed by atoms with Gasteiger partial charge in [0, 0.05) is 18.6 Å². The number of hydrogen-bond donors (Lipinski definition) is 1. The van der Waals surface area contributed by atoms with Crippen LogP contribution in [-0.4, -0.2) is 18.7 Å². The van der Waals surface area contributed by atoms with E-state index in [0.717, 1.165) is 18.5 Å². The summed E-state index contributed by atoms with van der Waals surface area (Å²) in [4.78, 5) is 0. The number of rotatable bonds is 5. The van der Waals surface area contributed by atoms with Gasteiger partial charge < -0.3 is 0 Å². The number of nitrogens with zero attached hydrogens (tertiary/aromatic N) is 1. The largest absolute Gasteiger partial charge is 0.286 e. The topological polar surface area (TPSA) is 58.2 Å². The smallest absolute Gasteiger partial charge is 0.264 e. The molecule has 0 aliphatic heterocycles. The summed E-state index contributed by atoms with van der Waals surface area (Å²) < 4.78 is 31.5. The Labute approximate surface area is 90.3 Å². The van der Waals surface area contributed by atoms with Crippen LogP contribution in [0.4, 0.5) is 0 Å². The molecule has 1 aromatic rings. The summed E-state index contributed by atoms with van der Waals surface area (Å²) in [6.07, 6.45) is 4.04. The number of pyridine rings is 1. The summed E-state index contributed by atoms with van der Waals surface area (Å²) in [6.45, 7) is 0. The molecule has 0 aliphatic rings. The molecule has 1 N–H and O–H groups in total. The van der Waals surface area contributed by atoms with Gasteiger partial charge in [-0.15, -0.1) is 0 Å². The molecule has 0 radical (unpaired) electrons. The summed E-state index contributed by atoms with van der Waals surface area (Å²) in [5.74, 6) is -0.149. The van der Waals surface area contributed by atoms with Crippen LogP contribution in [0.1, 0.15) is 18.5 Å². The maximum absolute atomic E-state index is 10.5. The molecule has 0 spiro atoms. The highest BCUT2D eigenvalue weighted by molar-refractivity contribution is 7.85. The first-order valence-electron chi connectivity index (χ1n) is 4.88. The Morgan fingerprint density at radius 3 is 2.67 bits per heavy atom. The molecule has 0 fully saturated rings. The third kappa shape index (κ3) is 4.90. The minimum Gasteiger partial charge on any atom is -0.286 e. The van der Waals surface area contributed by atoms with Crippen LogP contribution in [0.25, 0.3) is 0 Å². The Balaban J connectivity index is 2.36. The lowest BCUT2D eigenvalue weighted by atomic mass is 10.2. The van der Waals surface area contributed by atoms with E-state index in [1.54, 1.807) is 0 Å². The highest BCUT2D eigenvalue weighted by Gasteiger charge is 2.07. The van der Waals surface area contributed by atoms with E-state index in [4.69, 9.17) is 4.55 Å². The molecule has 0 aliphatic carbocycles. The molecule has 0 saturated carbocycles. The van der Waals surface area contributed by atoms with E-state index in [2.05, 4.69) is 0 Å². The van der Waals surface area contributed by atoms with Gasteiger partial charge in [0.25, 0.3) is 10.1 Å². The van der Waals surface area contributed by atoms with Crippen LogP contribution in [0, 0.1) is 0 Å². The highest BCUT2D eigenvalue weighted by Crippen LogP contribution is 2.01. The molecule has 0 saturated heterocycles. The molecule has 0 amide bonds. The molecule has 1 aromatic heterocycles. The van der Waals surface area contributed by atoms with Gasteiger partial charge in [0.1, 0.15) is 7.05 Å². The molecule has 0 aromatic carbocycles. The Hall–Kier alpha value is -0.940. The average molecular weight is 230 g/mol. The van der Waals surface area contributed by atoms with Gasteiger partial charge in [-0.25, -0.2) is 4.57 Å². The maximum Gasteiger partial charge on any atom is 0.264 e. The third-order valence-electron chi connectivity index (χ3n) is 2.25. The lowest BCUT2D eigenvalue weighted by Gasteiger charge is -1.99. The zero-order valence-corrected chi connectivity index (χ0v) is 9.57. The Bertz CT molecular complexity index is 414. The quantitative estimate of drug-likeness (QED) is 0.461. The molecule has 84 valence electrons. The van der Waals surface area contributed by atoms with Gasteiger partial charge in [0.15, 0.2) is 11.9 Å². The van der Waals surface area contributed by atoms with Crippen LogP contribution in [0.3, 0.4) is 0 Å². The molecule has 0 atom stereocenters. The highest BCUT2D eigenvalue weighted by atomic mass is 32.2. The summed E-state index contributed by atoms with van der Waals surface area (Å²) in [5, 5.41) is 0. The number of hydrogen-bond acceptors (Lipinski definition) is 2. The van der Waals surface area contributed by atoms with E-state index in [1.807, 2.05) is 36.0 Å². The van der Waals surface area contributed by atoms with Crippen molar-refractivity contribution in [1.82, 2.24) is 0 Å². The van der Waals surface area contributed by atoms with E-state index in [-0.39, 0.29) is 5.75 Å². The van der Waals surface area contributed by atoms with Crippen molar-refractivity contribution >= 4 is 10.1 Å². The maximum atomic E-state index is 10.5. The van der Waals surface area contributed by atoms with Crippen molar-refractivity contribution in [2.75, 3.05) is 5.75 Å². The summed E-state index contributed by atoms with van der Waals surface area (Å²) in [7, 11) is -1.84. The van der Waals surface area contributed by atoms with Gasteiger partial charge in [-0.3, -0.25) is 4.55 Å². The van der Waals surface area contributed by atoms with Gasteiger partial charge in [0.2, 0.25) is 0 Å². The lowest BCUT2D eigenvalue weighted by molar-refractivity contribution is -0.679. The van der Waals surface area contributed by atoms with E-state index in [0.29, 0.717) is 6.42 Å². The second-order valence-corrected chi connectivity index (χ2v) is 5.12. The standard InChI is InChI=1S/C10H15NO3S/c1-11-8-4-2-6-10(11)7-3-5-9-15(12,13)14/h2,4,6,8H,3,5,7,9H2,1H3/p+1. The average Bonchev–Trinajstić information content (AvgIpc) is 2.13. The van der Waals surface area contributed by atoms with Crippen molar-refractivity contribution in [1.29, 1.82) is 0 Å². The summed E-state index contributed by atoms with van der Waals surface area (Å²) in [6, 6.07) is 5.91. The fourth-order valence-corrected chi connectivity index (χ4v) is 1.98. The Morgan fingerprint density at radius 1 is 1.33 bits per heavy atom. The normalized spacial score (nSPS) is 11.6. The third-order valence-corrected chi connectivity index (χ3v) is 3.05. The molecule has 1 heterocycles. The van der Waals surface area contributed by atoms with Crippen molar-refractivity contribution in [2.45, 2.75) is 19.3 Å². The Morgan fingerprint density at radius 2 is 2.07 bits per heavy atom. The van der Waals surface area contributed by atoms with Crippen molar-refractivity contribution in [3.63, 3.8) is 0 Å². The van der Waals surface area contributed by atoms with Crippen LogP contribution < -0.4 is 4.57 Å². The summed E-state index contributed by atoms with van der Waals surface area (Å²) in [5.41, 5.74) is 1.16. The number of aromatic nitrogens is 1. The van der Waals surface area contributed by atoms with Crippen molar-refractivity contribution < 1.29 is 17.5 Å². The number of unbranched alkanes of at least 4 members (excludes halogenated alkanes) is 1. The van der Waals surface area contributed by atoms with E-state index < -0.39 is 10.1 Å². The van der Waals surface area contributed by atoms with E-state index in [1.165, 1.54) is 0 Å². The molecule has 15 heavy (non-hydrogen) atoms. The SMILES string of the molecule is C[n+]1ccccc1CCCCS(=O)(=O)O. The first-order valence-corrected chi connectivity index (χ1v) is 6.48. The molecule has 5 heteroatoms. The molecular formula is C10H16NO3S+. The Kier molecular flexibility index (Phi) is 4.23. The zero-order chi connectivity index (χ0) is 11.3. The zero-order valence-electron chi connectivity index (χ0n) is 8.76. The fraction of sp³-hybridized carbons (Fsp3) is 0.500. The molecule has 0 bridgehead atoms. The second-order valence-electron chi connectivity index (χ2n) is 3.55. The second kappa shape index (κ2) is 5.23. The van der Waals surface area contributed by atoms with Crippen molar-refractivity contribution in [3.05, 3.63) is 30.1 Å². The van der Waals surface area contributed by atoms with Gasteiger partial charge >= 0.3 is 0 Å². The van der Waals surface area contributed by atoms with Crippen LogP contribution in [-0.2, 0) is 23.6 Å². The van der Waals surface area contributed by atoms with E-state index >= 15 is 0 Å². The number of aryl methyl sites for hydroxylation is 2. The first-order chi connectivity index (χ1) is 6.99. The van der Waals surface area contributed by atoms with Crippen LogP contribution in [0.15, 0.2) is 24.4 Å². The van der Waals surface area contributed by atoms with Crippen LogP contribution in [0.2, 0.25) is 0 Å². The van der Waals surface area contributed by atoms with Crippen LogP contribution in [0.5, 0.6) is 0 Å². The van der Waals surface area contributed by atoms with Crippen molar-refractivity contribution in [3.8, 4) is 0 Å². The van der Waals surface area contributed by atoms with Crippen molar-refractivity contribution in [2.24, 2.45) is 7.05 Å². The van der Waals surface area contributed by atoms with Gasteiger partial charge in [0.05, 0.1) is 5.75 Å². The summed E-state index contributed by atoms with van der Waals surface area (Å²) >= 11 is 0. The molecule has 4 nitrogen and oxygen atoms in total. The fourth-order valence-electron chi connectivity index (χ4n) is 1.41. The van der Waals surface area contributed by atoms with E-state index in [9.17, 15) is 8.42 Å². The minimum atomic E-state index is -3.80. The molecule has 0 unspecified atom stereocenters. The first kappa shape index (κ1) is 12.1. The lowest BCUT2D eigenvalue weighted by Crippen LogP contribution is -2.32. The minimum absolute atomic E-state index is 0.149. The predicted molar refractivity (Wildman–Crippen MR) is 57.0 cm³/mol. The van der Waals surface area contributed by atoms with Crippen LogP contribution >= 0.6 is 0 Å². The monoisotopic (exact) mass is 230 g/mol. The van der Waals surface area contributed by atoms with Gasteiger partial charge in [-0.1, -0.05) is 6.07 Å². The van der Waals surface area contributed by atoms with Gasteiger partial charge in [-0.05, 0) is 12.8 Å². The molecule has 1 rings (SSSR count). The molecular weight excluding hydrogens is 214 g/mol.